The van der Waals surface area contributed by atoms with Crippen LogP contribution in [0.15, 0.2) is 19.1 Å². The Morgan fingerprint density at radius 2 is 1.46 bits per heavy atom. The summed E-state index contributed by atoms with van der Waals surface area (Å²) >= 11 is 0. The smallest absolute Gasteiger partial charge is 0.479 e. The Bertz CT molecular complexity index is 824. The van der Waals surface area contributed by atoms with E-state index in [0.717, 1.165) is 11.1 Å². The quantitative estimate of drug-likeness (QED) is 0.591. The van der Waals surface area contributed by atoms with Crippen LogP contribution in [0.3, 0.4) is 0 Å². The Morgan fingerprint density at radius 3 is 1.86 bits per heavy atom. The number of nitrogen functional groups attached to an aromatic ring is 1. The summed E-state index contributed by atoms with van der Waals surface area (Å²) in [6.07, 6.45) is 1.63. The zero-order valence-corrected chi connectivity index (χ0v) is 18.4. The van der Waals surface area contributed by atoms with Gasteiger partial charge >= 0.3 is 7.12 Å². The second kappa shape index (κ2) is 7.09. The van der Waals surface area contributed by atoms with Gasteiger partial charge in [-0.15, -0.1) is 6.58 Å². The number of ketones is 1. The number of Topliss-reactive ketones (excluding diaryl/α,β-unsaturated/α-hetero) is 1. The average molecular weight is 385 g/mol. The molecule has 2 aliphatic heterocycles. The van der Waals surface area contributed by atoms with Crippen LogP contribution in [0.2, 0.25) is 0 Å². The van der Waals surface area contributed by atoms with Gasteiger partial charge in [-0.2, -0.15) is 0 Å². The third kappa shape index (κ3) is 3.51. The number of benzene rings is 1. The van der Waals surface area contributed by atoms with Crippen molar-refractivity contribution in [3.05, 3.63) is 41.4 Å². The first kappa shape index (κ1) is 22.2. The van der Waals surface area contributed by atoms with Gasteiger partial charge in [0.2, 0.25) is 5.78 Å². The van der Waals surface area contributed by atoms with E-state index in [-0.39, 0.29) is 24.1 Å². The highest BCUT2D eigenvalue weighted by atomic mass is 16.7. The fraction of sp³-hybridized carbons (Fsp3) is 0.500. The molecule has 152 valence electrons. The number of carbonyl (C=O) groups excluding carboxylic acids is 1. The van der Waals surface area contributed by atoms with Crippen LogP contribution in [0.1, 0.15) is 68.6 Å². The van der Waals surface area contributed by atoms with Crippen molar-refractivity contribution in [1.29, 1.82) is 0 Å². The number of nitrogens with two attached hydrogens (primary N) is 1. The molecular weight excluding hydrogens is 353 g/mol. The second-order valence-electron chi connectivity index (χ2n) is 8.79. The minimum absolute atomic E-state index is 0.0304. The molecule has 1 fully saturated rings. The Labute approximate surface area is 169 Å². The van der Waals surface area contributed by atoms with Crippen molar-refractivity contribution in [2.45, 2.75) is 72.2 Å². The molecule has 1 aromatic carbocycles. The molecule has 2 heterocycles. The maximum absolute atomic E-state index is 12.3. The molecule has 0 amide bonds. The summed E-state index contributed by atoms with van der Waals surface area (Å²) in [5.74, 6) is 2.30. The first-order valence-corrected chi connectivity index (χ1v) is 9.47. The third-order valence-corrected chi connectivity index (χ3v) is 5.89. The average Bonchev–Trinajstić information content (AvgIpc) is 2.96. The number of ether oxygens (including phenoxy) is 1. The number of rotatable bonds is 2. The minimum atomic E-state index is -0.814. The van der Waals surface area contributed by atoms with Crippen LogP contribution in [0, 0.1) is 13.8 Å². The van der Waals surface area contributed by atoms with Crippen molar-refractivity contribution in [2.24, 2.45) is 0 Å². The standard InChI is InChI=1S/C14H17NO2.C8H15BO2/c1-6-9-10-12(8(3)7(2)11(9)15)17-14(4,5)13(10)16;1-6-9-10-7(2,3)8(4,5)11-9/h6H,1,15H2,2-5H3;6H,1H2,2-5H3. The first-order valence-electron chi connectivity index (χ1n) is 9.47. The number of hydrogen-bond acceptors (Lipinski definition) is 5. The SMILES string of the molecule is C=CB1OC(C)(C)C(C)(C)O1.C=Cc1c(N)c(C)c(C)c2c1C(=O)C(C)(C)O2. The maximum Gasteiger partial charge on any atom is 0.486 e. The van der Waals surface area contributed by atoms with Gasteiger partial charge in [-0.3, -0.25) is 4.79 Å². The van der Waals surface area contributed by atoms with Crippen LogP contribution in [-0.4, -0.2) is 29.7 Å². The van der Waals surface area contributed by atoms with E-state index in [9.17, 15) is 4.79 Å². The molecule has 0 saturated carbocycles. The molecule has 0 unspecified atom stereocenters. The second-order valence-corrected chi connectivity index (χ2v) is 8.79. The van der Waals surface area contributed by atoms with Crippen LogP contribution < -0.4 is 10.5 Å². The maximum atomic E-state index is 12.3. The molecule has 6 heteroatoms. The fourth-order valence-electron chi connectivity index (χ4n) is 3.17. The summed E-state index contributed by atoms with van der Waals surface area (Å²) in [5.41, 5.74) is 8.53. The molecule has 1 aromatic rings. The lowest BCUT2D eigenvalue weighted by Gasteiger charge is -2.32. The first-order chi connectivity index (χ1) is 12.7. The van der Waals surface area contributed by atoms with Gasteiger partial charge < -0.3 is 19.8 Å². The van der Waals surface area contributed by atoms with Gasteiger partial charge in [0.05, 0.1) is 16.8 Å². The summed E-state index contributed by atoms with van der Waals surface area (Å²) < 4.78 is 16.9. The zero-order valence-electron chi connectivity index (χ0n) is 18.4. The van der Waals surface area contributed by atoms with Gasteiger partial charge in [-0.1, -0.05) is 18.6 Å². The predicted octanol–water partition coefficient (Wildman–Crippen LogP) is 4.69. The molecule has 1 saturated heterocycles. The van der Waals surface area contributed by atoms with Gasteiger partial charge in [0, 0.05) is 11.3 Å². The van der Waals surface area contributed by atoms with Gasteiger partial charge in [0.1, 0.15) is 5.75 Å². The van der Waals surface area contributed by atoms with E-state index in [2.05, 4.69) is 13.2 Å². The van der Waals surface area contributed by atoms with E-state index < -0.39 is 5.60 Å². The van der Waals surface area contributed by atoms with Crippen LogP contribution in [0.4, 0.5) is 5.69 Å². The van der Waals surface area contributed by atoms with Crippen molar-refractivity contribution in [3.8, 4) is 5.75 Å². The van der Waals surface area contributed by atoms with E-state index in [1.54, 1.807) is 25.9 Å². The highest BCUT2D eigenvalue weighted by Gasteiger charge is 2.49. The van der Waals surface area contributed by atoms with Crippen LogP contribution >= 0.6 is 0 Å². The molecule has 0 atom stereocenters. The monoisotopic (exact) mass is 385 g/mol. The number of carbonyl (C=O) groups is 1. The molecule has 28 heavy (non-hydrogen) atoms. The van der Waals surface area contributed by atoms with E-state index in [4.69, 9.17) is 19.8 Å². The van der Waals surface area contributed by atoms with Crippen molar-refractivity contribution in [1.82, 2.24) is 0 Å². The van der Waals surface area contributed by atoms with Gasteiger partial charge in [0.15, 0.2) is 5.60 Å². The lowest BCUT2D eigenvalue weighted by molar-refractivity contribution is 0.00578. The summed E-state index contributed by atoms with van der Waals surface area (Å²) in [7, 11) is -0.250. The molecule has 5 nitrogen and oxygen atoms in total. The van der Waals surface area contributed by atoms with Gasteiger partial charge in [-0.05, 0) is 66.5 Å². The van der Waals surface area contributed by atoms with Crippen LogP contribution in [-0.2, 0) is 9.31 Å². The van der Waals surface area contributed by atoms with Gasteiger partial charge in [-0.25, -0.2) is 0 Å². The molecule has 0 bridgehead atoms. The van der Waals surface area contributed by atoms with Crippen LogP contribution in [0.25, 0.3) is 6.08 Å². The summed E-state index contributed by atoms with van der Waals surface area (Å²) in [6, 6.07) is 0. The molecular formula is C22H32BNO4. The molecule has 0 aromatic heterocycles. The Kier molecular flexibility index (Phi) is 5.63. The summed E-state index contributed by atoms with van der Waals surface area (Å²) in [5, 5.41) is 0. The van der Waals surface area contributed by atoms with E-state index in [1.165, 1.54) is 0 Å². The van der Waals surface area contributed by atoms with Crippen molar-refractivity contribution < 1.29 is 18.8 Å². The molecule has 0 spiro atoms. The summed E-state index contributed by atoms with van der Waals surface area (Å²) in [4.78, 5) is 12.3. The highest BCUT2D eigenvalue weighted by molar-refractivity contribution is 6.51. The largest absolute Gasteiger partial charge is 0.486 e. The third-order valence-electron chi connectivity index (χ3n) is 5.89. The minimum Gasteiger partial charge on any atom is -0.479 e. The zero-order chi connectivity index (χ0) is 21.7. The van der Waals surface area contributed by atoms with E-state index in [1.807, 2.05) is 41.5 Å². The van der Waals surface area contributed by atoms with Crippen molar-refractivity contribution in [2.75, 3.05) is 5.73 Å². The molecule has 0 aliphatic carbocycles. The van der Waals surface area contributed by atoms with E-state index in [0.29, 0.717) is 22.6 Å². The Balaban J connectivity index is 0.000000221. The predicted molar refractivity (Wildman–Crippen MR) is 116 cm³/mol. The number of anilines is 1. The van der Waals surface area contributed by atoms with Crippen molar-refractivity contribution in [3.63, 3.8) is 0 Å². The lowest BCUT2D eigenvalue weighted by Crippen LogP contribution is -2.41. The van der Waals surface area contributed by atoms with Crippen LogP contribution in [0.5, 0.6) is 5.75 Å². The van der Waals surface area contributed by atoms with Crippen molar-refractivity contribution >= 4 is 24.7 Å². The molecule has 3 rings (SSSR count). The number of fused-ring (bicyclic) bond motifs is 1. The topological polar surface area (TPSA) is 70.8 Å². The molecule has 2 N–H and O–H groups in total. The fourth-order valence-corrected chi connectivity index (χ4v) is 3.17. The Morgan fingerprint density at radius 1 is 0.964 bits per heavy atom. The Hall–Kier alpha value is -2.05. The van der Waals surface area contributed by atoms with Gasteiger partial charge in [0.25, 0.3) is 0 Å². The number of hydrogen-bond donors (Lipinski definition) is 1. The summed E-state index contributed by atoms with van der Waals surface area (Å²) in [6.45, 7) is 22.8. The molecule has 2 aliphatic rings. The highest BCUT2D eigenvalue weighted by Crippen LogP contribution is 2.44. The normalized spacial score (nSPS) is 20.7. The molecule has 0 radical (unpaired) electrons. The lowest BCUT2D eigenvalue weighted by atomic mass is 9.90. The van der Waals surface area contributed by atoms with E-state index >= 15 is 0 Å².